The van der Waals surface area contributed by atoms with Crippen molar-refractivity contribution < 1.29 is 38.4 Å². The van der Waals surface area contributed by atoms with Gasteiger partial charge in [-0.1, -0.05) is 38.0 Å². The lowest BCUT2D eigenvalue weighted by Crippen LogP contribution is -2.39. The van der Waals surface area contributed by atoms with Crippen LogP contribution < -0.4 is 14.2 Å². The van der Waals surface area contributed by atoms with Crippen molar-refractivity contribution in [1.82, 2.24) is 4.90 Å². The fraction of sp³-hybridized carbons (Fsp3) is 0.517. The number of hydrogen-bond donors (Lipinski definition) is 1. The predicted molar refractivity (Wildman–Crippen MR) is 144 cm³/mol. The van der Waals surface area contributed by atoms with Crippen molar-refractivity contribution in [3.05, 3.63) is 53.6 Å². The summed E-state index contributed by atoms with van der Waals surface area (Å²) in [5.41, 5.74) is 1.78. The van der Waals surface area contributed by atoms with Crippen LogP contribution in [0.4, 0.5) is 4.79 Å². The number of methoxy groups -OCH3 is 1. The van der Waals surface area contributed by atoms with E-state index in [4.69, 9.17) is 23.7 Å². The lowest BCUT2D eigenvalue weighted by atomic mass is 10.1. The van der Waals surface area contributed by atoms with Gasteiger partial charge in [0.1, 0.15) is 12.4 Å². The van der Waals surface area contributed by atoms with Crippen molar-refractivity contribution in [3.63, 3.8) is 0 Å². The summed E-state index contributed by atoms with van der Waals surface area (Å²) < 4.78 is 27.8. The first-order valence-electron chi connectivity index (χ1n) is 13.1. The van der Waals surface area contributed by atoms with Crippen LogP contribution >= 0.6 is 0 Å². The summed E-state index contributed by atoms with van der Waals surface area (Å²) in [6.07, 6.45) is 2.07. The molecule has 0 spiro atoms. The van der Waals surface area contributed by atoms with E-state index in [-0.39, 0.29) is 13.0 Å². The molecule has 0 saturated heterocycles. The first kappa shape index (κ1) is 30.9. The molecule has 9 nitrogen and oxygen atoms in total. The molecule has 2 aromatic carbocycles. The number of nitrogens with zero attached hydrogens (tertiary/aromatic N) is 1. The quantitative estimate of drug-likeness (QED) is 0.264. The average Bonchev–Trinajstić information content (AvgIpc) is 2.90. The number of benzene rings is 2. The first-order valence-corrected chi connectivity index (χ1v) is 13.1. The van der Waals surface area contributed by atoms with Crippen molar-refractivity contribution in [3.8, 4) is 17.2 Å². The number of carbonyl (C=O) groups excluding carboxylic acids is 1. The van der Waals surface area contributed by atoms with Gasteiger partial charge in [-0.15, -0.1) is 0 Å². The van der Waals surface area contributed by atoms with Crippen molar-refractivity contribution >= 4 is 12.1 Å². The Hall–Kier alpha value is -3.30. The molecule has 0 fully saturated rings. The number of carbonyl (C=O) groups is 2. The van der Waals surface area contributed by atoms with E-state index in [0.717, 1.165) is 30.4 Å². The minimum absolute atomic E-state index is 0.242. The van der Waals surface area contributed by atoms with Gasteiger partial charge in [0, 0.05) is 26.2 Å². The van der Waals surface area contributed by atoms with Gasteiger partial charge in [-0.2, -0.15) is 0 Å². The minimum atomic E-state index is -0.989. The SMILES string of the molecule is CCCCCOCCN(CCOc1ccc(CC(OCC)C(=O)O)cc1)C(=O)Oc1cc(C)ccc1OC. The van der Waals surface area contributed by atoms with Crippen molar-refractivity contribution in [1.29, 1.82) is 0 Å². The maximum atomic E-state index is 13.0. The third kappa shape index (κ3) is 11.0. The van der Waals surface area contributed by atoms with E-state index in [1.807, 2.05) is 25.1 Å². The molecule has 2 rings (SSSR count). The van der Waals surface area contributed by atoms with Crippen molar-refractivity contribution in [2.45, 2.75) is 52.6 Å². The van der Waals surface area contributed by atoms with Gasteiger partial charge in [-0.3, -0.25) is 0 Å². The van der Waals surface area contributed by atoms with Crippen LogP contribution in [0.3, 0.4) is 0 Å². The molecule has 0 bridgehead atoms. The zero-order chi connectivity index (χ0) is 27.8. The second-order valence-electron chi connectivity index (χ2n) is 8.81. The lowest BCUT2D eigenvalue weighted by Gasteiger charge is -2.23. The van der Waals surface area contributed by atoms with Gasteiger partial charge in [0.2, 0.25) is 0 Å². The summed E-state index contributed by atoms with van der Waals surface area (Å²) in [5, 5.41) is 9.28. The van der Waals surface area contributed by atoms with Crippen LogP contribution in [0.25, 0.3) is 0 Å². The Kier molecular flexibility index (Phi) is 14.0. The van der Waals surface area contributed by atoms with Crippen LogP contribution in [-0.4, -0.2) is 74.8 Å². The number of unbranched alkanes of at least 4 members (excludes halogenated alkanes) is 2. The number of aryl methyl sites for hydroxylation is 1. The van der Waals surface area contributed by atoms with E-state index in [9.17, 15) is 14.7 Å². The average molecular weight is 532 g/mol. The first-order chi connectivity index (χ1) is 18.4. The lowest BCUT2D eigenvalue weighted by molar-refractivity contribution is -0.149. The highest BCUT2D eigenvalue weighted by atomic mass is 16.6. The Morgan fingerprint density at radius 2 is 1.68 bits per heavy atom. The number of rotatable bonds is 18. The Morgan fingerprint density at radius 3 is 2.34 bits per heavy atom. The highest BCUT2D eigenvalue weighted by Gasteiger charge is 2.19. The Bertz CT molecular complexity index is 979. The summed E-state index contributed by atoms with van der Waals surface area (Å²) in [5.74, 6) is 0.457. The minimum Gasteiger partial charge on any atom is -0.493 e. The fourth-order valence-electron chi connectivity index (χ4n) is 3.68. The number of aliphatic carboxylic acids is 1. The van der Waals surface area contributed by atoms with E-state index in [0.29, 0.717) is 50.2 Å². The highest BCUT2D eigenvalue weighted by molar-refractivity contribution is 5.73. The fourth-order valence-corrected chi connectivity index (χ4v) is 3.68. The molecule has 0 radical (unpaired) electrons. The molecule has 0 aromatic heterocycles. The molecular formula is C29H41NO8. The maximum Gasteiger partial charge on any atom is 0.415 e. The summed E-state index contributed by atoms with van der Waals surface area (Å²) in [4.78, 5) is 25.9. The van der Waals surface area contributed by atoms with E-state index in [1.54, 1.807) is 36.1 Å². The number of ether oxygens (including phenoxy) is 5. The summed E-state index contributed by atoms with van der Waals surface area (Å²) in [6.45, 7) is 8.08. The van der Waals surface area contributed by atoms with E-state index >= 15 is 0 Å². The van der Waals surface area contributed by atoms with Gasteiger partial charge in [-0.05, 0) is 55.7 Å². The number of amides is 1. The zero-order valence-corrected chi connectivity index (χ0v) is 22.9. The maximum absolute atomic E-state index is 13.0. The molecule has 38 heavy (non-hydrogen) atoms. The molecule has 1 unspecified atom stereocenters. The van der Waals surface area contributed by atoms with Gasteiger partial charge >= 0.3 is 12.1 Å². The molecular weight excluding hydrogens is 490 g/mol. The van der Waals surface area contributed by atoms with Crippen molar-refractivity contribution in [2.24, 2.45) is 0 Å². The summed E-state index contributed by atoms with van der Waals surface area (Å²) in [6, 6.07) is 12.6. The Labute approximate surface area is 225 Å². The molecule has 2 aromatic rings. The predicted octanol–water partition coefficient (Wildman–Crippen LogP) is 5.12. The van der Waals surface area contributed by atoms with E-state index in [1.165, 1.54) is 7.11 Å². The van der Waals surface area contributed by atoms with Gasteiger partial charge in [0.05, 0.1) is 20.3 Å². The molecule has 1 amide bonds. The standard InChI is InChI=1S/C29H41NO8/c1-5-7-8-17-35-18-15-30(29(33)38-26-20-22(3)9-14-25(26)34-4)16-19-37-24-12-10-23(11-13-24)21-27(28(31)32)36-6-2/h9-14,20,27H,5-8,15-19,21H2,1-4H3,(H,31,32). The molecule has 0 aliphatic heterocycles. The van der Waals surface area contributed by atoms with Crippen molar-refractivity contribution in [2.75, 3.05) is 46.6 Å². The third-order valence-corrected chi connectivity index (χ3v) is 5.79. The zero-order valence-electron chi connectivity index (χ0n) is 22.9. The van der Waals surface area contributed by atoms with Gasteiger partial charge in [-0.25, -0.2) is 9.59 Å². The van der Waals surface area contributed by atoms with Gasteiger partial charge in [0.25, 0.3) is 0 Å². The molecule has 0 aliphatic rings. The smallest absolute Gasteiger partial charge is 0.415 e. The molecule has 0 heterocycles. The molecule has 0 aliphatic carbocycles. The number of hydrogen-bond acceptors (Lipinski definition) is 7. The van der Waals surface area contributed by atoms with Crippen LogP contribution in [0, 0.1) is 6.92 Å². The number of carboxylic acids is 1. The molecule has 0 saturated carbocycles. The second-order valence-corrected chi connectivity index (χ2v) is 8.81. The van der Waals surface area contributed by atoms with Crippen LogP contribution in [0.2, 0.25) is 0 Å². The Balaban J connectivity index is 1.96. The molecule has 210 valence electrons. The third-order valence-electron chi connectivity index (χ3n) is 5.79. The Morgan fingerprint density at radius 1 is 0.947 bits per heavy atom. The van der Waals surface area contributed by atoms with Gasteiger partial charge in [0.15, 0.2) is 17.6 Å². The topological polar surface area (TPSA) is 104 Å². The normalized spacial score (nSPS) is 11.6. The summed E-state index contributed by atoms with van der Waals surface area (Å²) in [7, 11) is 1.53. The van der Waals surface area contributed by atoms with E-state index in [2.05, 4.69) is 6.92 Å². The van der Waals surface area contributed by atoms with Gasteiger partial charge < -0.3 is 33.7 Å². The second kappa shape index (κ2) is 17.3. The van der Waals surface area contributed by atoms with E-state index < -0.39 is 18.2 Å². The van der Waals surface area contributed by atoms with Crippen LogP contribution in [0.15, 0.2) is 42.5 Å². The van der Waals surface area contributed by atoms with Crippen LogP contribution in [0.5, 0.6) is 17.2 Å². The summed E-state index contributed by atoms with van der Waals surface area (Å²) >= 11 is 0. The molecule has 1 atom stereocenters. The van der Waals surface area contributed by atoms with Crippen LogP contribution in [0.1, 0.15) is 44.2 Å². The highest BCUT2D eigenvalue weighted by Crippen LogP contribution is 2.28. The monoisotopic (exact) mass is 531 g/mol. The molecule has 9 heteroatoms. The largest absolute Gasteiger partial charge is 0.493 e. The number of carboxylic acid groups (broad SMARTS) is 1. The molecule has 1 N–H and O–H groups in total. The van der Waals surface area contributed by atoms with Crippen LogP contribution in [-0.2, 0) is 20.7 Å².